The van der Waals surface area contributed by atoms with E-state index in [4.69, 9.17) is 0 Å². The summed E-state index contributed by atoms with van der Waals surface area (Å²) in [5.74, 6) is 1.44. The highest BCUT2D eigenvalue weighted by molar-refractivity contribution is 7.09. The molecule has 0 unspecified atom stereocenters. The average Bonchev–Trinajstić information content (AvgIpc) is 3.45. The summed E-state index contributed by atoms with van der Waals surface area (Å²) in [5.41, 5.74) is 1.14. The third-order valence-corrected chi connectivity index (χ3v) is 6.48. The maximum Gasteiger partial charge on any atom is 0.269 e. The molecule has 1 atom stereocenters. The van der Waals surface area contributed by atoms with E-state index in [2.05, 4.69) is 50.6 Å². The lowest BCUT2D eigenvalue weighted by molar-refractivity contribution is -0.384. The van der Waals surface area contributed by atoms with Gasteiger partial charge in [0, 0.05) is 48.9 Å². The molecule has 4 rings (SSSR count). The van der Waals surface area contributed by atoms with E-state index in [1.165, 1.54) is 4.88 Å². The first-order valence-electron chi connectivity index (χ1n) is 10.5. The zero-order valence-electron chi connectivity index (χ0n) is 17.8. The molecule has 164 valence electrons. The van der Waals surface area contributed by atoms with Gasteiger partial charge < -0.3 is 4.90 Å². The van der Waals surface area contributed by atoms with Crippen LogP contribution in [0.5, 0.6) is 0 Å². The Morgan fingerprint density at radius 1 is 1.13 bits per heavy atom. The van der Waals surface area contributed by atoms with Crippen molar-refractivity contribution >= 4 is 22.7 Å². The van der Waals surface area contributed by atoms with Crippen LogP contribution in [0.1, 0.15) is 37.0 Å². The Kier molecular flexibility index (Phi) is 6.57. The first-order chi connectivity index (χ1) is 15.0. The lowest BCUT2D eigenvalue weighted by atomic mass is 10.0. The molecule has 1 aliphatic heterocycles. The number of nitro benzene ring substituents is 1. The van der Waals surface area contributed by atoms with Gasteiger partial charge >= 0.3 is 0 Å². The number of nitro groups is 1. The molecule has 0 amide bonds. The number of piperazine rings is 1. The van der Waals surface area contributed by atoms with Crippen LogP contribution in [-0.2, 0) is 6.54 Å². The average molecular weight is 442 g/mol. The van der Waals surface area contributed by atoms with Crippen molar-refractivity contribution in [2.45, 2.75) is 32.9 Å². The van der Waals surface area contributed by atoms with Gasteiger partial charge in [0.05, 0.1) is 17.5 Å². The molecule has 3 aromatic rings. The number of thiophene rings is 1. The summed E-state index contributed by atoms with van der Waals surface area (Å²) in [6.45, 7) is 8.65. The van der Waals surface area contributed by atoms with Crippen molar-refractivity contribution in [2.75, 3.05) is 31.1 Å². The molecular formula is C21H27N7O2S. The normalized spacial score (nSPS) is 16.0. The first-order valence-corrected chi connectivity index (χ1v) is 11.4. The van der Waals surface area contributed by atoms with E-state index in [1.54, 1.807) is 23.5 Å². The summed E-state index contributed by atoms with van der Waals surface area (Å²) in [6.07, 6.45) is 0.988. The number of aromatic nitrogens is 4. The van der Waals surface area contributed by atoms with Gasteiger partial charge in [0.1, 0.15) is 0 Å². The predicted molar refractivity (Wildman–Crippen MR) is 120 cm³/mol. The fourth-order valence-corrected chi connectivity index (χ4v) is 4.74. The third kappa shape index (κ3) is 5.08. The number of rotatable bonds is 8. The van der Waals surface area contributed by atoms with Crippen molar-refractivity contribution in [1.82, 2.24) is 25.1 Å². The molecular weight excluding hydrogens is 414 g/mol. The van der Waals surface area contributed by atoms with Crippen molar-refractivity contribution in [2.24, 2.45) is 5.92 Å². The maximum absolute atomic E-state index is 10.9. The molecule has 1 aliphatic rings. The minimum Gasteiger partial charge on any atom is -0.369 e. The molecule has 0 bridgehead atoms. The van der Waals surface area contributed by atoms with Crippen LogP contribution < -0.4 is 4.90 Å². The molecule has 0 N–H and O–H groups in total. The van der Waals surface area contributed by atoms with Crippen molar-refractivity contribution in [3.8, 4) is 0 Å². The minimum atomic E-state index is -0.362. The Labute approximate surface area is 185 Å². The smallest absolute Gasteiger partial charge is 0.269 e. The Bertz CT molecular complexity index is 980. The summed E-state index contributed by atoms with van der Waals surface area (Å²) < 4.78 is 1.93. The van der Waals surface area contributed by atoms with Gasteiger partial charge in [-0.1, -0.05) is 19.9 Å². The summed E-state index contributed by atoms with van der Waals surface area (Å²) >= 11 is 1.71. The molecule has 31 heavy (non-hydrogen) atoms. The standard InChI is InChI=1S/C21H27N7O2S/c1-16(2)14-20(21-22-23-24-27(21)15-19-4-3-13-31-19)26-11-9-25(10-12-26)17-5-7-18(8-6-17)28(29)30/h3-8,13,16,20H,9-12,14-15H2,1-2H3/t20-/m0/s1. The minimum absolute atomic E-state index is 0.122. The van der Waals surface area contributed by atoms with E-state index in [1.807, 2.05) is 22.9 Å². The van der Waals surface area contributed by atoms with Gasteiger partial charge in [-0.2, -0.15) is 0 Å². The van der Waals surface area contributed by atoms with Crippen LogP contribution in [-0.4, -0.2) is 56.2 Å². The molecule has 1 aromatic carbocycles. The molecule has 2 aromatic heterocycles. The van der Waals surface area contributed by atoms with Crippen LogP contribution in [0.25, 0.3) is 0 Å². The van der Waals surface area contributed by atoms with E-state index in [0.717, 1.165) is 44.1 Å². The monoisotopic (exact) mass is 441 g/mol. The van der Waals surface area contributed by atoms with Gasteiger partial charge in [0.25, 0.3) is 5.69 Å². The molecule has 0 aliphatic carbocycles. The maximum atomic E-state index is 10.9. The van der Waals surface area contributed by atoms with Gasteiger partial charge in [-0.25, -0.2) is 4.68 Å². The van der Waals surface area contributed by atoms with E-state index < -0.39 is 0 Å². The van der Waals surface area contributed by atoms with Crippen LogP contribution >= 0.6 is 11.3 Å². The fraction of sp³-hybridized carbons (Fsp3) is 0.476. The topological polar surface area (TPSA) is 93.2 Å². The van der Waals surface area contributed by atoms with E-state index in [0.29, 0.717) is 12.5 Å². The molecule has 10 heteroatoms. The summed E-state index contributed by atoms with van der Waals surface area (Å²) in [6, 6.07) is 11.1. The Morgan fingerprint density at radius 3 is 2.48 bits per heavy atom. The molecule has 3 heterocycles. The zero-order chi connectivity index (χ0) is 21.8. The van der Waals surface area contributed by atoms with Crippen LogP contribution in [0, 0.1) is 16.0 Å². The fourth-order valence-electron chi connectivity index (χ4n) is 4.05. The SMILES string of the molecule is CC(C)C[C@@H](c1nnnn1Cc1cccs1)N1CCN(c2ccc([N+](=O)[O-])cc2)CC1. The van der Waals surface area contributed by atoms with E-state index in [-0.39, 0.29) is 16.7 Å². The molecule has 9 nitrogen and oxygen atoms in total. The van der Waals surface area contributed by atoms with Crippen molar-refractivity contribution in [3.63, 3.8) is 0 Å². The van der Waals surface area contributed by atoms with Gasteiger partial charge in [0.2, 0.25) is 0 Å². The molecule has 0 saturated carbocycles. The Balaban J connectivity index is 1.46. The van der Waals surface area contributed by atoms with Crippen molar-refractivity contribution in [3.05, 3.63) is 62.6 Å². The Morgan fingerprint density at radius 2 is 1.87 bits per heavy atom. The largest absolute Gasteiger partial charge is 0.369 e. The van der Waals surface area contributed by atoms with Crippen LogP contribution in [0.2, 0.25) is 0 Å². The third-order valence-electron chi connectivity index (χ3n) is 5.62. The number of nitrogens with zero attached hydrogens (tertiary/aromatic N) is 7. The lowest BCUT2D eigenvalue weighted by Crippen LogP contribution is -2.48. The second kappa shape index (κ2) is 9.52. The number of hydrogen-bond donors (Lipinski definition) is 0. The number of benzene rings is 1. The van der Waals surface area contributed by atoms with Crippen LogP contribution in [0.3, 0.4) is 0 Å². The van der Waals surface area contributed by atoms with Crippen molar-refractivity contribution < 1.29 is 4.92 Å². The van der Waals surface area contributed by atoms with Gasteiger partial charge in [-0.15, -0.1) is 16.4 Å². The first kappa shape index (κ1) is 21.4. The predicted octanol–water partition coefficient (Wildman–Crippen LogP) is 3.60. The van der Waals surface area contributed by atoms with Gasteiger partial charge in [-0.05, 0) is 46.3 Å². The summed E-state index contributed by atoms with van der Waals surface area (Å²) in [5, 5.41) is 25.6. The highest BCUT2D eigenvalue weighted by Gasteiger charge is 2.30. The Hall–Kier alpha value is -2.85. The summed E-state index contributed by atoms with van der Waals surface area (Å²) in [4.78, 5) is 16.5. The van der Waals surface area contributed by atoms with E-state index >= 15 is 0 Å². The second-order valence-corrected chi connectivity index (χ2v) is 9.25. The zero-order valence-corrected chi connectivity index (χ0v) is 18.6. The van der Waals surface area contributed by atoms with E-state index in [9.17, 15) is 10.1 Å². The molecule has 0 radical (unpaired) electrons. The number of tetrazole rings is 1. The number of anilines is 1. The van der Waals surface area contributed by atoms with Gasteiger partial charge in [0.15, 0.2) is 5.82 Å². The number of hydrogen-bond acceptors (Lipinski definition) is 8. The highest BCUT2D eigenvalue weighted by Crippen LogP contribution is 2.29. The van der Waals surface area contributed by atoms with Gasteiger partial charge in [-0.3, -0.25) is 15.0 Å². The summed E-state index contributed by atoms with van der Waals surface area (Å²) in [7, 11) is 0. The van der Waals surface area contributed by atoms with Crippen LogP contribution in [0.15, 0.2) is 41.8 Å². The van der Waals surface area contributed by atoms with Crippen LogP contribution in [0.4, 0.5) is 11.4 Å². The highest BCUT2D eigenvalue weighted by atomic mass is 32.1. The second-order valence-electron chi connectivity index (χ2n) is 8.22. The molecule has 0 spiro atoms. The lowest BCUT2D eigenvalue weighted by Gasteiger charge is -2.40. The quantitative estimate of drug-likeness (QED) is 0.389. The number of non-ortho nitro benzene ring substituents is 1. The molecule has 1 fully saturated rings. The van der Waals surface area contributed by atoms with Crippen molar-refractivity contribution in [1.29, 1.82) is 0 Å². The molecule has 1 saturated heterocycles.